The number of benzene rings is 3. The summed E-state index contributed by atoms with van der Waals surface area (Å²) in [6.45, 7) is 2.34. The molecule has 4 rings (SSSR count). The van der Waals surface area contributed by atoms with Crippen LogP contribution in [0.3, 0.4) is 0 Å². The van der Waals surface area contributed by atoms with Crippen LogP contribution in [0.15, 0.2) is 78.9 Å². The number of hydrogen-bond donors (Lipinski definition) is 2. The molecule has 2 N–H and O–H groups in total. The smallest absolute Gasteiger partial charge is 0.258 e. The molecule has 1 aliphatic rings. The van der Waals surface area contributed by atoms with E-state index in [1.165, 1.54) is 0 Å². The predicted molar refractivity (Wildman–Crippen MR) is 136 cm³/mol. The fraction of sp³-hybridized carbons (Fsp3) is 0.222. The highest BCUT2D eigenvalue weighted by Gasteiger charge is 2.18. The molecule has 1 aliphatic heterocycles. The van der Waals surface area contributed by atoms with Crippen LogP contribution in [-0.2, 0) is 9.53 Å². The van der Waals surface area contributed by atoms with Gasteiger partial charge in [0.2, 0.25) is 5.91 Å². The molecule has 0 unspecified atom stereocenters. The molecule has 3 aromatic carbocycles. The molecule has 0 aromatic heterocycles. The number of carbonyl (C=O) groups is 3. The van der Waals surface area contributed by atoms with Gasteiger partial charge < -0.3 is 25.2 Å². The van der Waals surface area contributed by atoms with Gasteiger partial charge in [-0.05, 0) is 54.6 Å². The van der Waals surface area contributed by atoms with Crippen molar-refractivity contribution in [3.63, 3.8) is 0 Å². The zero-order chi connectivity index (χ0) is 24.6. The van der Waals surface area contributed by atoms with E-state index in [1.54, 1.807) is 65.4 Å². The maximum absolute atomic E-state index is 12.8. The minimum Gasteiger partial charge on any atom is -0.378 e. The third-order valence-electron chi connectivity index (χ3n) is 5.72. The Bertz CT molecular complexity index is 1180. The Kier molecular flexibility index (Phi) is 7.74. The number of nitrogens with one attached hydrogen (secondary N) is 2. The molecule has 1 fully saturated rings. The minimum atomic E-state index is -0.250. The first-order valence-corrected chi connectivity index (χ1v) is 11.5. The second-order valence-corrected chi connectivity index (χ2v) is 8.16. The van der Waals surface area contributed by atoms with Gasteiger partial charge in [0.05, 0.1) is 19.8 Å². The Labute approximate surface area is 204 Å². The molecular formula is C27H28N4O4. The number of nitrogens with zero attached hydrogens (tertiary/aromatic N) is 2. The van der Waals surface area contributed by atoms with Crippen molar-refractivity contribution in [2.75, 3.05) is 55.4 Å². The van der Waals surface area contributed by atoms with Crippen LogP contribution in [0.2, 0.25) is 0 Å². The average molecular weight is 473 g/mol. The third kappa shape index (κ3) is 6.24. The molecule has 180 valence electrons. The lowest BCUT2D eigenvalue weighted by Crippen LogP contribution is -2.40. The first-order valence-electron chi connectivity index (χ1n) is 11.5. The Morgan fingerprint density at radius 3 is 2.29 bits per heavy atom. The van der Waals surface area contributed by atoms with Crippen LogP contribution in [-0.4, -0.2) is 62.5 Å². The van der Waals surface area contributed by atoms with Gasteiger partial charge in [0.25, 0.3) is 11.8 Å². The highest BCUT2D eigenvalue weighted by molar-refractivity contribution is 6.06. The normalized spacial score (nSPS) is 13.1. The summed E-state index contributed by atoms with van der Waals surface area (Å²) in [7, 11) is 1.71. The maximum atomic E-state index is 12.8. The van der Waals surface area contributed by atoms with Gasteiger partial charge in [0.1, 0.15) is 0 Å². The zero-order valence-electron chi connectivity index (χ0n) is 19.6. The van der Waals surface area contributed by atoms with Crippen molar-refractivity contribution in [3.05, 3.63) is 90.0 Å². The number of anilines is 3. The van der Waals surface area contributed by atoms with E-state index in [1.807, 2.05) is 30.3 Å². The number of ether oxygens (including phenoxy) is 1. The quantitative estimate of drug-likeness (QED) is 0.549. The van der Waals surface area contributed by atoms with E-state index in [0.717, 1.165) is 11.4 Å². The van der Waals surface area contributed by atoms with Crippen molar-refractivity contribution in [2.45, 2.75) is 0 Å². The van der Waals surface area contributed by atoms with Crippen LogP contribution in [0, 0.1) is 0 Å². The standard InChI is InChI=1S/C27H28N4O4/c1-30(24-8-3-2-4-9-24)26(33)21-6-5-7-23(18-21)29-25(32)19-28-22-12-10-20(11-13-22)27(34)31-14-16-35-17-15-31/h2-13,18,28H,14-17,19H2,1H3,(H,29,32). The molecule has 0 bridgehead atoms. The van der Waals surface area contributed by atoms with Crippen LogP contribution in [0.4, 0.5) is 17.1 Å². The summed E-state index contributed by atoms with van der Waals surface area (Å²) in [5.74, 6) is -0.443. The van der Waals surface area contributed by atoms with Crippen molar-refractivity contribution >= 4 is 34.8 Å². The number of rotatable bonds is 7. The van der Waals surface area contributed by atoms with Crippen LogP contribution in [0.5, 0.6) is 0 Å². The first kappa shape index (κ1) is 24.0. The molecular weight excluding hydrogens is 444 g/mol. The van der Waals surface area contributed by atoms with Crippen LogP contribution in [0.25, 0.3) is 0 Å². The third-order valence-corrected chi connectivity index (χ3v) is 5.72. The van der Waals surface area contributed by atoms with Crippen LogP contribution >= 0.6 is 0 Å². The number of morpholine rings is 1. The fourth-order valence-corrected chi connectivity index (χ4v) is 3.76. The van der Waals surface area contributed by atoms with E-state index >= 15 is 0 Å². The largest absolute Gasteiger partial charge is 0.378 e. The molecule has 8 heteroatoms. The Morgan fingerprint density at radius 1 is 0.857 bits per heavy atom. The van der Waals surface area contributed by atoms with E-state index in [9.17, 15) is 14.4 Å². The van der Waals surface area contributed by atoms with Gasteiger partial charge in [0.15, 0.2) is 0 Å². The van der Waals surface area contributed by atoms with Crippen LogP contribution < -0.4 is 15.5 Å². The summed E-state index contributed by atoms with van der Waals surface area (Å²) in [6.07, 6.45) is 0. The Morgan fingerprint density at radius 2 is 1.57 bits per heavy atom. The molecule has 0 saturated carbocycles. The topological polar surface area (TPSA) is 91.0 Å². The molecule has 35 heavy (non-hydrogen) atoms. The van der Waals surface area contributed by atoms with E-state index in [2.05, 4.69) is 10.6 Å². The number of para-hydroxylation sites is 1. The second-order valence-electron chi connectivity index (χ2n) is 8.16. The molecule has 0 radical (unpaired) electrons. The van der Waals surface area contributed by atoms with Gasteiger partial charge in [0, 0.05) is 48.3 Å². The van der Waals surface area contributed by atoms with Crippen molar-refractivity contribution in [1.29, 1.82) is 0 Å². The molecule has 3 amide bonds. The van der Waals surface area contributed by atoms with Crippen LogP contribution in [0.1, 0.15) is 20.7 Å². The van der Waals surface area contributed by atoms with Crippen molar-refractivity contribution < 1.29 is 19.1 Å². The minimum absolute atomic E-state index is 0.0232. The molecule has 3 aromatic rings. The lowest BCUT2D eigenvalue weighted by Gasteiger charge is -2.26. The van der Waals surface area contributed by atoms with E-state index < -0.39 is 0 Å². The summed E-state index contributed by atoms with van der Waals surface area (Å²) >= 11 is 0. The lowest BCUT2D eigenvalue weighted by molar-refractivity contribution is -0.114. The zero-order valence-corrected chi connectivity index (χ0v) is 19.6. The highest BCUT2D eigenvalue weighted by atomic mass is 16.5. The fourth-order valence-electron chi connectivity index (χ4n) is 3.76. The van der Waals surface area contributed by atoms with Gasteiger partial charge >= 0.3 is 0 Å². The number of hydrogen-bond acceptors (Lipinski definition) is 5. The summed E-state index contributed by atoms with van der Waals surface area (Å²) < 4.78 is 5.29. The monoisotopic (exact) mass is 472 g/mol. The summed E-state index contributed by atoms with van der Waals surface area (Å²) in [4.78, 5) is 41.2. The van der Waals surface area contributed by atoms with Gasteiger partial charge in [-0.15, -0.1) is 0 Å². The number of carbonyl (C=O) groups excluding carboxylic acids is 3. The van der Waals surface area contributed by atoms with Crippen molar-refractivity contribution in [3.8, 4) is 0 Å². The lowest BCUT2D eigenvalue weighted by atomic mass is 10.1. The molecule has 0 spiro atoms. The molecule has 0 atom stereocenters. The molecule has 1 saturated heterocycles. The molecule has 1 heterocycles. The van der Waals surface area contributed by atoms with Crippen molar-refractivity contribution in [2.24, 2.45) is 0 Å². The summed E-state index contributed by atoms with van der Waals surface area (Å²) in [6, 6.07) is 23.3. The van der Waals surface area contributed by atoms with Gasteiger partial charge in [-0.25, -0.2) is 0 Å². The van der Waals surface area contributed by atoms with E-state index in [-0.39, 0.29) is 24.3 Å². The summed E-state index contributed by atoms with van der Waals surface area (Å²) in [5.41, 5.74) is 3.13. The van der Waals surface area contributed by atoms with Crippen molar-refractivity contribution in [1.82, 2.24) is 4.90 Å². The molecule has 0 aliphatic carbocycles. The average Bonchev–Trinajstić information content (AvgIpc) is 2.92. The number of amides is 3. The first-order chi connectivity index (χ1) is 17.0. The summed E-state index contributed by atoms with van der Waals surface area (Å²) in [5, 5.41) is 5.87. The Hall–Kier alpha value is -4.17. The van der Waals surface area contributed by atoms with E-state index in [4.69, 9.17) is 4.74 Å². The van der Waals surface area contributed by atoms with Gasteiger partial charge in [-0.2, -0.15) is 0 Å². The van der Waals surface area contributed by atoms with Gasteiger partial charge in [-0.1, -0.05) is 24.3 Å². The SMILES string of the molecule is CN(C(=O)c1cccc(NC(=O)CNc2ccc(C(=O)N3CCOCC3)cc2)c1)c1ccccc1. The van der Waals surface area contributed by atoms with E-state index in [0.29, 0.717) is 43.1 Å². The maximum Gasteiger partial charge on any atom is 0.258 e. The highest BCUT2D eigenvalue weighted by Crippen LogP contribution is 2.18. The predicted octanol–water partition coefficient (Wildman–Crippen LogP) is 3.49. The molecule has 8 nitrogen and oxygen atoms in total. The Balaban J connectivity index is 1.30. The second kappa shape index (κ2) is 11.3. The van der Waals surface area contributed by atoms with Gasteiger partial charge in [-0.3, -0.25) is 14.4 Å².